The molecular formula is C14H21N. The molecule has 1 aliphatic rings. The van der Waals surface area contributed by atoms with Crippen molar-refractivity contribution in [3.05, 3.63) is 35.9 Å². The summed E-state index contributed by atoms with van der Waals surface area (Å²) in [5.41, 5.74) is 1.50. The maximum atomic E-state index is 3.74. The zero-order chi connectivity index (χ0) is 10.7. The Hall–Kier alpha value is -0.820. The fourth-order valence-corrected chi connectivity index (χ4v) is 2.27. The lowest BCUT2D eigenvalue weighted by Gasteiger charge is -2.14. The molecule has 0 amide bonds. The molecule has 1 aromatic carbocycles. The molecule has 0 bridgehead atoms. The van der Waals surface area contributed by atoms with Gasteiger partial charge in [-0.15, -0.1) is 0 Å². The molecule has 1 N–H and O–H groups in total. The van der Waals surface area contributed by atoms with E-state index in [1.807, 2.05) is 0 Å². The molecule has 1 heteroatoms. The Balaban J connectivity index is 1.86. The summed E-state index contributed by atoms with van der Waals surface area (Å²) in [5.74, 6) is 0.770. The molecule has 0 radical (unpaired) electrons. The molecule has 2 atom stereocenters. The zero-order valence-corrected chi connectivity index (χ0v) is 9.74. The van der Waals surface area contributed by atoms with Gasteiger partial charge in [0.15, 0.2) is 0 Å². The van der Waals surface area contributed by atoms with Crippen LogP contribution < -0.4 is 5.32 Å². The highest BCUT2D eigenvalue weighted by molar-refractivity contribution is 5.27. The van der Waals surface area contributed by atoms with Crippen molar-refractivity contribution in [3.8, 4) is 0 Å². The van der Waals surface area contributed by atoms with E-state index in [0.29, 0.717) is 6.04 Å². The Morgan fingerprint density at radius 3 is 2.47 bits per heavy atom. The van der Waals surface area contributed by atoms with Gasteiger partial charge >= 0.3 is 0 Å². The lowest BCUT2D eigenvalue weighted by atomic mass is 10.1. The second-order valence-electron chi connectivity index (χ2n) is 4.54. The van der Waals surface area contributed by atoms with Crippen LogP contribution in [0.2, 0.25) is 0 Å². The van der Waals surface area contributed by atoms with Gasteiger partial charge < -0.3 is 5.32 Å². The van der Waals surface area contributed by atoms with Gasteiger partial charge in [0.25, 0.3) is 0 Å². The molecular weight excluding hydrogens is 182 g/mol. The minimum atomic E-state index is 0.712. The first kappa shape index (κ1) is 10.7. The maximum Gasteiger partial charge on any atom is 0.0145 e. The fraction of sp³-hybridized carbons (Fsp3) is 0.571. The number of benzene rings is 1. The lowest BCUT2D eigenvalue weighted by molar-refractivity contribution is 0.477. The van der Waals surface area contributed by atoms with Gasteiger partial charge in [0, 0.05) is 18.0 Å². The molecule has 0 spiro atoms. The van der Waals surface area contributed by atoms with E-state index in [-0.39, 0.29) is 0 Å². The van der Waals surface area contributed by atoms with E-state index < -0.39 is 0 Å². The normalized spacial score (nSPS) is 24.5. The average molecular weight is 203 g/mol. The third-order valence-electron chi connectivity index (χ3n) is 3.45. The molecule has 0 unspecified atom stereocenters. The third-order valence-corrected chi connectivity index (χ3v) is 3.45. The van der Waals surface area contributed by atoms with Gasteiger partial charge in [0.1, 0.15) is 0 Å². The van der Waals surface area contributed by atoms with E-state index in [1.54, 1.807) is 0 Å². The van der Waals surface area contributed by atoms with Crippen LogP contribution in [0, 0.1) is 0 Å². The predicted octanol–water partition coefficient (Wildman–Crippen LogP) is 3.32. The van der Waals surface area contributed by atoms with Crippen molar-refractivity contribution in [1.82, 2.24) is 5.32 Å². The first-order valence-corrected chi connectivity index (χ1v) is 6.16. The van der Waals surface area contributed by atoms with Crippen LogP contribution in [0.5, 0.6) is 0 Å². The van der Waals surface area contributed by atoms with Crippen molar-refractivity contribution in [1.29, 1.82) is 0 Å². The fourth-order valence-electron chi connectivity index (χ4n) is 2.27. The topological polar surface area (TPSA) is 12.0 Å². The Kier molecular flexibility index (Phi) is 3.42. The number of nitrogens with one attached hydrogen (secondary N) is 1. The molecule has 1 fully saturated rings. The molecule has 2 rings (SSSR count). The van der Waals surface area contributed by atoms with Crippen molar-refractivity contribution >= 4 is 0 Å². The molecule has 0 heterocycles. The summed E-state index contributed by atoms with van der Waals surface area (Å²) in [6, 6.07) is 12.3. The van der Waals surface area contributed by atoms with Crippen molar-refractivity contribution in [3.63, 3.8) is 0 Å². The monoisotopic (exact) mass is 203 g/mol. The second-order valence-corrected chi connectivity index (χ2v) is 4.54. The summed E-state index contributed by atoms with van der Waals surface area (Å²) in [6.07, 6.45) is 3.81. The van der Waals surface area contributed by atoms with Crippen LogP contribution in [0.1, 0.15) is 44.6 Å². The summed E-state index contributed by atoms with van der Waals surface area (Å²) in [4.78, 5) is 0. The van der Waals surface area contributed by atoms with Gasteiger partial charge in [-0.1, -0.05) is 44.2 Å². The summed E-state index contributed by atoms with van der Waals surface area (Å²) < 4.78 is 0. The number of hydrogen-bond donors (Lipinski definition) is 1. The minimum Gasteiger partial charge on any atom is -0.311 e. The minimum absolute atomic E-state index is 0.712. The summed E-state index contributed by atoms with van der Waals surface area (Å²) >= 11 is 0. The molecule has 1 nitrogen and oxygen atoms in total. The highest BCUT2D eigenvalue weighted by Crippen LogP contribution is 2.41. The molecule has 0 aromatic heterocycles. The largest absolute Gasteiger partial charge is 0.311 e. The van der Waals surface area contributed by atoms with Gasteiger partial charge in [-0.25, -0.2) is 0 Å². The van der Waals surface area contributed by atoms with Gasteiger partial charge in [-0.2, -0.15) is 0 Å². The van der Waals surface area contributed by atoms with Crippen LogP contribution in [0.3, 0.4) is 0 Å². The third kappa shape index (κ3) is 2.60. The quantitative estimate of drug-likeness (QED) is 0.774. The van der Waals surface area contributed by atoms with Crippen molar-refractivity contribution in [2.75, 3.05) is 0 Å². The smallest absolute Gasteiger partial charge is 0.0145 e. The highest BCUT2D eigenvalue weighted by atomic mass is 15.0. The van der Waals surface area contributed by atoms with E-state index in [1.165, 1.54) is 24.8 Å². The van der Waals surface area contributed by atoms with E-state index in [9.17, 15) is 0 Å². The zero-order valence-electron chi connectivity index (χ0n) is 9.74. The van der Waals surface area contributed by atoms with Crippen molar-refractivity contribution in [2.24, 2.45) is 0 Å². The van der Waals surface area contributed by atoms with Gasteiger partial charge in [0.2, 0.25) is 0 Å². The molecule has 1 saturated carbocycles. The van der Waals surface area contributed by atoms with E-state index in [2.05, 4.69) is 49.5 Å². The summed E-state index contributed by atoms with van der Waals surface area (Å²) in [6.45, 7) is 4.53. The van der Waals surface area contributed by atoms with Gasteiger partial charge in [-0.05, 0) is 24.8 Å². The highest BCUT2D eigenvalue weighted by Gasteiger charge is 2.38. The van der Waals surface area contributed by atoms with E-state index in [0.717, 1.165) is 12.0 Å². The Morgan fingerprint density at radius 1 is 1.20 bits per heavy atom. The molecule has 1 aromatic rings. The Labute approximate surface area is 92.9 Å². The van der Waals surface area contributed by atoms with Crippen molar-refractivity contribution < 1.29 is 0 Å². The number of hydrogen-bond acceptors (Lipinski definition) is 1. The molecule has 15 heavy (non-hydrogen) atoms. The average Bonchev–Trinajstić information content (AvgIpc) is 3.06. The van der Waals surface area contributed by atoms with Crippen LogP contribution in [0.15, 0.2) is 30.3 Å². The first-order chi connectivity index (χ1) is 7.35. The van der Waals surface area contributed by atoms with Gasteiger partial charge in [0.05, 0.1) is 0 Å². The Morgan fingerprint density at radius 2 is 1.87 bits per heavy atom. The van der Waals surface area contributed by atoms with Crippen molar-refractivity contribution in [2.45, 2.75) is 51.1 Å². The lowest BCUT2D eigenvalue weighted by Crippen LogP contribution is -2.30. The van der Waals surface area contributed by atoms with Crippen LogP contribution in [-0.4, -0.2) is 12.1 Å². The Bertz CT molecular complexity index is 289. The van der Waals surface area contributed by atoms with Gasteiger partial charge in [-0.3, -0.25) is 0 Å². The molecule has 82 valence electrons. The number of rotatable bonds is 5. The van der Waals surface area contributed by atoms with E-state index >= 15 is 0 Å². The molecule has 0 saturated heterocycles. The predicted molar refractivity (Wildman–Crippen MR) is 65.1 cm³/mol. The second kappa shape index (κ2) is 4.80. The molecule has 1 aliphatic carbocycles. The van der Waals surface area contributed by atoms with Crippen LogP contribution in [0.25, 0.3) is 0 Å². The van der Waals surface area contributed by atoms with E-state index in [4.69, 9.17) is 0 Å². The standard InChI is InChI=1S/C14H21N/c1-3-12(4-2)15-14-10-13(14)11-8-6-5-7-9-11/h5-9,12-15H,3-4,10H2,1-2H3/t13-,14+/m0/s1. The SMILES string of the molecule is CCC(CC)N[C@@H]1C[C@H]1c1ccccc1. The maximum absolute atomic E-state index is 3.74. The van der Waals surface area contributed by atoms with Crippen LogP contribution in [-0.2, 0) is 0 Å². The molecule has 0 aliphatic heterocycles. The summed E-state index contributed by atoms with van der Waals surface area (Å²) in [7, 11) is 0. The first-order valence-electron chi connectivity index (χ1n) is 6.16. The van der Waals surface area contributed by atoms with Crippen LogP contribution >= 0.6 is 0 Å². The van der Waals surface area contributed by atoms with Crippen LogP contribution in [0.4, 0.5) is 0 Å². The summed E-state index contributed by atoms with van der Waals surface area (Å²) in [5, 5.41) is 3.74.